The van der Waals surface area contributed by atoms with Gasteiger partial charge in [-0.1, -0.05) is 11.8 Å². The van der Waals surface area contributed by atoms with Crippen LogP contribution >= 0.6 is 0 Å². The first-order valence-corrected chi connectivity index (χ1v) is 5.72. The lowest BCUT2D eigenvalue weighted by atomic mass is 9.94. The molecule has 1 rings (SSSR count). The summed E-state index contributed by atoms with van der Waals surface area (Å²) in [4.78, 5) is 15.8. The number of carbonyl (C=O) groups excluding carboxylic acids is 1. The largest absolute Gasteiger partial charge is 0.384 e. The number of methoxy groups -OCH3 is 1. The van der Waals surface area contributed by atoms with Gasteiger partial charge in [-0.3, -0.25) is 9.78 Å². The lowest BCUT2D eigenvalue weighted by molar-refractivity contribution is -0.131. The molecule has 0 saturated heterocycles. The second-order valence-corrected chi connectivity index (χ2v) is 4.54. The van der Waals surface area contributed by atoms with Crippen LogP contribution in [0.1, 0.15) is 19.4 Å². The molecule has 0 aliphatic carbocycles. The molecule has 0 fully saturated rings. The maximum absolute atomic E-state index is 11.8. The molecule has 0 bridgehead atoms. The van der Waals surface area contributed by atoms with E-state index in [4.69, 9.17) is 4.74 Å². The lowest BCUT2D eigenvalue weighted by Crippen LogP contribution is -2.39. The van der Waals surface area contributed by atoms with Crippen LogP contribution in [0.3, 0.4) is 0 Å². The van der Waals surface area contributed by atoms with E-state index in [0.717, 1.165) is 5.56 Å². The highest BCUT2D eigenvalue weighted by molar-refractivity contribution is 5.82. The van der Waals surface area contributed by atoms with Crippen LogP contribution in [0.15, 0.2) is 24.5 Å². The molecule has 0 aliphatic rings. The highest BCUT2D eigenvalue weighted by Crippen LogP contribution is 2.14. The quantitative estimate of drug-likeness (QED) is 0.813. The summed E-state index contributed by atoms with van der Waals surface area (Å²) in [6, 6.07) is 3.70. The Morgan fingerprint density at radius 3 is 2.94 bits per heavy atom. The zero-order chi connectivity index (χ0) is 13.4. The zero-order valence-electron chi connectivity index (χ0n) is 11.0. The maximum Gasteiger partial charge on any atom is 0.228 e. The number of aromatic nitrogens is 1. The first kappa shape index (κ1) is 14.2. The third-order valence-corrected chi connectivity index (χ3v) is 2.35. The Hall–Kier alpha value is -1.86. The number of nitrogens with zero attached hydrogens (tertiary/aromatic N) is 1. The second kappa shape index (κ2) is 6.77. The van der Waals surface area contributed by atoms with Crippen LogP contribution in [0.25, 0.3) is 0 Å². The molecular formula is C14H18N2O2. The number of nitrogens with one attached hydrogen (secondary N) is 1. The molecule has 0 aliphatic heterocycles. The van der Waals surface area contributed by atoms with Crippen LogP contribution < -0.4 is 5.32 Å². The van der Waals surface area contributed by atoms with Crippen molar-refractivity contribution in [3.05, 3.63) is 30.1 Å². The Morgan fingerprint density at radius 2 is 2.33 bits per heavy atom. The molecule has 18 heavy (non-hydrogen) atoms. The highest BCUT2D eigenvalue weighted by atomic mass is 16.5. The van der Waals surface area contributed by atoms with Gasteiger partial charge in [0.1, 0.15) is 0 Å². The predicted octanol–water partition coefficient (Wildman–Crippen LogP) is 1.22. The summed E-state index contributed by atoms with van der Waals surface area (Å²) in [5, 5.41) is 2.77. The minimum absolute atomic E-state index is 0.0650. The van der Waals surface area contributed by atoms with E-state index in [9.17, 15) is 4.79 Å². The SMILES string of the molecule is COCC(C)(C)C(=O)NCC#Cc1cccnc1. The molecule has 1 aromatic heterocycles. The smallest absolute Gasteiger partial charge is 0.228 e. The van der Waals surface area contributed by atoms with E-state index in [2.05, 4.69) is 22.1 Å². The van der Waals surface area contributed by atoms with Gasteiger partial charge in [-0.2, -0.15) is 0 Å². The van der Waals surface area contributed by atoms with Crippen LogP contribution in [0.5, 0.6) is 0 Å². The predicted molar refractivity (Wildman–Crippen MR) is 69.8 cm³/mol. The molecule has 1 amide bonds. The maximum atomic E-state index is 11.8. The average Bonchev–Trinajstić information content (AvgIpc) is 2.35. The zero-order valence-corrected chi connectivity index (χ0v) is 11.0. The Balaban J connectivity index is 2.43. The second-order valence-electron chi connectivity index (χ2n) is 4.54. The third kappa shape index (κ3) is 4.56. The topological polar surface area (TPSA) is 51.2 Å². The lowest BCUT2D eigenvalue weighted by Gasteiger charge is -2.21. The van der Waals surface area contributed by atoms with E-state index >= 15 is 0 Å². The Bertz CT molecular complexity index is 444. The fraction of sp³-hybridized carbons (Fsp3) is 0.429. The van der Waals surface area contributed by atoms with Crippen molar-refractivity contribution >= 4 is 5.91 Å². The van der Waals surface area contributed by atoms with Crippen LogP contribution in [0.2, 0.25) is 0 Å². The van der Waals surface area contributed by atoms with Crippen LogP contribution in [0.4, 0.5) is 0 Å². The summed E-state index contributed by atoms with van der Waals surface area (Å²) < 4.78 is 5.00. The van der Waals surface area contributed by atoms with Gasteiger partial charge < -0.3 is 10.1 Å². The molecule has 0 saturated carbocycles. The minimum Gasteiger partial charge on any atom is -0.384 e. The summed E-state index contributed by atoms with van der Waals surface area (Å²) >= 11 is 0. The molecule has 0 aromatic carbocycles. The number of rotatable bonds is 4. The Labute approximate surface area is 108 Å². The number of ether oxygens (including phenoxy) is 1. The van der Waals surface area contributed by atoms with Crippen LogP contribution in [-0.2, 0) is 9.53 Å². The summed E-state index contributed by atoms with van der Waals surface area (Å²) in [6.45, 7) is 4.37. The van der Waals surface area contributed by atoms with Crippen molar-refractivity contribution in [1.29, 1.82) is 0 Å². The summed E-state index contributed by atoms with van der Waals surface area (Å²) in [5.74, 6) is 5.74. The molecule has 4 nitrogen and oxygen atoms in total. The molecule has 0 radical (unpaired) electrons. The fourth-order valence-electron chi connectivity index (χ4n) is 1.37. The number of pyridine rings is 1. The average molecular weight is 246 g/mol. The van der Waals surface area contributed by atoms with Crippen molar-refractivity contribution in [2.45, 2.75) is 13.8 Å². The number of hydrogen-bond donors (Lipinski definition) is 1. The first-order chi connectivity index (χ1) is 8.56. The summed E-state index contributed by atoms with van der Waals surface area (Å²) in [6.07, 6.45) is 3.38. The molecular weight excluding hydrogens is 228 g/mol. The number of hydrogen-bond acceptors (Lipinski definition) is 3. The molecule has 96 valence electrons. The van der Waals surface area contributed by atoms with Gasteiger partial charge in [0.2, 0.25) is 5.91 Å². The van der Waals surface area contributed by atoms with Crippen molar-refractivity contribution in [2.24, 2.45) is 5.41 Å². The van der Waals surface area contributed by atoms with Crippen molar-refractivity contribution in [3.8, 4) is 11.8 Å². The first-order valence-electron chi connectivity index (χ1n) is 5.72. The van der Waals surface area contributed by atoms with E-state index in [1.54, 1.807) is 19.5 Å². The van der Waals surface area contributed by atoms with Gasteiger partial charge in [0.25, 0.3) is 0 Å². The van der Waals surface area contributed by atoms with Gasteiger partial charge in [-0.15, -0.1) is 0 Å². The van der Waals surface area contributed by atoms with E-state index in [1.165, 1.54) is 0 Å². The molecule has 1 aromatic rings. The van der Waals surface area contributed by atoms with E-state index in [1.807, 2.05) is 26.0 Å². The Kier molecular flexibility index (Phi) is 5.34. The molecule has 4 heteroatoms. The number of amides is 1. The van der Waals surface area contributed by atoms with Crippen molar-refractivity contribution in [3.63, 3.8) is 0 Å². The van der Waals surface area contributed by atoms with Crippen molar-refractivity contribution in [2.75, 3.05) is 20.3 Å². The fourth-order valence-corrected chi connectivity index (χ4v) is 1.37. The van der Waals surface area contributed by atoms with Gasteiger partial charge in [0.15, 0.2) is 0 Å². The molecule has 0 atom stereocenters. The molecule has 0 spiro atoms. The van der Waals surface area contributed by atoms with Gasteiger partial charge in [-0.25, -0.2) is 0 Å². The Morgan fingerprint density at radius 1 is 1.56 bits per heavy atom. The van der Waals surface area contributed by atoms with Gasteiger partial charge in [-0.05, 0) is 26.0 Å². The summed E-state index contributed by atoms with van der Waals surface area (Å²) in [7, 11) is 1.58. The molecule has 1 N–H and O–H groups in total. The van der Waals surface area contributed by atoms with E-state index < -0.39 is 5.41 Å². The van der Waals surface area contributed by atoms with Gasteiger partial charge in [0.05, 0.1) is 18.6 Å². The minimum atomic E-state index is -0.537. The van der Waals surface area contributed by atoms with Crippen molar-refractivity contribution in [1.82, 2.24) is 10.3 Å². The van der Waals surface area contributed by atoms with Crippen LogP contribution in [0, 0.1) is 17.3 Å². The van der Waals surface area contributed by atoms with E-state index in [-0.39, 0.29) is 5.91 Å². The van der Waals surface area contributed by atoms with Gasteiger partial charge in [0, 0.05) is 25.1 Å². The number of carbonyl (C=O) groups is 1. The monoisotopic (exact) mass is 246 g/mol. The third-order valence-electron chi connectivity index (χ3n) is 2.35. The van der Waals surface area contributed by atoms with Crippen LogP contribution in [-0.4, -0.2) is 31.2 Å². The molecule has 0 unspecified atom stereocenters. The van der Waals surface area contributed by atoms with Crippen molar-refractivity contribution < 1.29 is 9.53 Å². The van der Waals surface area contributed by atoms with E-state index in [0.29, 0.717) is 13.2 Å². The highest BCUT2D eigenvalue weighted by Gasteiger charge is 2.26. The summed E-state index contributed by atoms with van der Waals surface area (Å²) in [5.41, 5.74) is 0.299. The molecule has 1 heterocycles. The standard InChI is InChI=1S/C14H18N2O2/c1-14(2,11-18-3)13(17)16-9-5-7-12-6-4-8-15-10-12/h4,6,8,10H,9,11H2,1-3H3,(H,16,17). The normalized spacial score (nSPS) is 10.4. The van der Waals surface area contributed by atoms with Gasteiger partial charge >= 0.3 is 0 Å².